The molecule has 0 saturated heterocycles. The summed E-state index contributed by atoms with van der Waals surface area (Å²) in [5, 5.41) is 2.80. The molecule has 150 valence electrons. The van der Waals surface area contributed by atoms with Crippen LogP contribution in [0.25, 0.3) is 11.3 Å². The summed E-state index contributed by atoms with van der Waals surface area (Å²) in [4.78, 5) is 16.0. The molecule has 0 aliphatic carbocycles. The van der Waals surface area contributed by atoms with Crippen LogP contribution in [0.5, 0.6) is 11.5 Å². The van der Waals surface area contributed by atoms with Crippen LogP contribution in [-0.4, -0.2) is 17.5 Å². The highest BCUT2D eigenvalue weighted by molar-refractivity contribution is 5.92. The second-order valence-electron chi connectivity index (χ2n) is 6.53. The minimum atomic E-state index is -0.244. The molecule has 1 N–H and O–H groups in total. The van der Waals surface area contributed by atoms with Crippen molar-refractivity contribution in [1.82, 2.24) is 4.98 Å². The second kappa shape index (κ2) is 9.43. The maximum absolute atomic E-state index is 12.1. The first kappa shape index (κ1) is 19.3. The van der Waals surface area contributed by atoms with Gasteiger partial charge in [0, 0.05) is 11.3 Å². The third-order valence-electron chi connectivity index (χ3n) is 4.33. The predicted octanol–water partition coefficient (Wildman–Crippen LogP) is 4.94. The first-order valence-electron chi connectivity index (χ1n) is 9.45. The Balaban J connectivity index is 1.23. The second-order valence-corrected chi connectivity index (χ2v) is 6.53. The van der Waals surface area contributed by atoms with E-state index in [1.54, 1.807) is 30.5 Å². The molecule has 0 bridgehead atoms. The molecular weight excluding hydrogens is 380 g/mol. The van der Waals surface area contributed by atoms with Gasteiger partial charge in [-0.3, -0.25) is 4.79 Å². The maximum atomic E-state index is 12.1. The number of hydrogen-bond acceptors (Lipinski definition) is 5. The molecule has 30 heavy (non-hydrogen) atoms. The molecule has 0 saturated carbocycles. The number of hydrogen-bond donors (Lipinski definition) is 1. The number of carbonyl (C=O) groups is 1. The summed E-state index contributed by atoms with van der Waals surface area (Å²) in [5.41, 5.74) is 2.66. The van der Waals surface area contributed by atoms with Crippen LogP contribution >= 0.6 is 0 Å². The van der Waals surface area contributed by atoms with Crippen molar-refractivity contribution in [3.63, 3.8) is 0 Å². The lowest BCUT2D eigenvalue weighted by atomic mass is 10.2. The molecule has 6 nitrogen and oxygen atoms in total. The Morgan fingerprint density at radius 2 is 1.57 bits per heavy atom. The van der Waals surface area contributed by atoms with Crippen molar-refractivity contribution in [3.8, 4) is 22.8 Å². The van der Waals surface area contributed by atoms with Crippen molar-refractivity contribution in [1.29, 1.82) is 0 Å². The number of ether oxygens (including phenoxy) is 2. The van der Waals surface area contributed by atoms with Crippen LogP contribution in [0.15, 0.2) is 95.9 Å². The molecule has 4 rings (SSSR count). The number of aromatic nitrogens is 1. The Hall–Kier alpha value is -4.06. The van der Waals surface area contributed by atoms with Crippen LogP contribution in [0.3, 0.4) is 0 Å². The van der Waals surface area contributed by atoms with Crippen LogP contribution in [0, 0.1) is 0 Å². The monoisotopic (exact) mass is 400 g/mol. The Morgan fingerprint density at radius 1 is 0.867 bits per heavy atom. The maximum Gasteiger partial charge on any atom is 0.262 e. The van der Waals surface area contributed by atoms with Crippen molar-refractivity contribution >= 4 is 11.6 Å². The quantitative estimate of drug-likeness (QED) is 0.454. The van der Waals surface area contributed by atoms with Crippen LogP contribution in [0.1, 0.15) is 5.56 Å². The van der Waals surface area contributed by atoms with E-state index in [9.17, 15) is 4.79 Å². The number of nitrogens with one attached hydrogen (secondary N) is 1. The van der Waals surface area contributed by atoms with E-state index in [2.05, 4.69) is 10.3 Å². The highest BCUT2D eigenvalue weighted by Gasteiger charge is 2.06. The van der Waals surface area contributed by atoms with Gasteiger partial charge in [-0.15, -0.1) is 0 Å². The molecule has 0 fully saturated rings. The molecule has 0 spiro atoms. The molecule has 1 heterocycles. The van der Waals surface area contributed by atoms with E-state index in [0.29, 0.717) is 23.8 Å². The molecule has 0 aliphatic rings. The van der Waals surface area contributed by atoms with Crippen LogP contribution in [0.4, 0.5) is 5.69 Å². The lowest BCUT2D eigenvalue weighted by molar-refractivity contribution is -0.118. The van der Waals surface area contributed by atoms with Gasteiger partial charge in [0.15, 0.2) is 18.8 Å². The van der Waals surface area contributed by atoms with Crippen molar-refractivity contribution in [3.05, 3.63) is 97.0 Å². The smallest absolute Gasteiger partial charge is 0.262 e. The number of anilines is 1. The Labute approximate surface area is 174 Å². The third-order valence-corrected chi connectivity index (χ3v) is 4.33. The standard InChI is InChI=1S/C24H20N2O4/c27-24(26-20-8-6-19(7-9-20)23-14-25-17-30-23)16-29-22-12-10-21(11-13-22)28-15-18-4-2-1-3-5-18/h1-14,17H,15-16H2,(H,26,27). The first-order chi connectivity index (χ1) is 14.8. The van der Waals surface area contributed by atoms with Gasteiger partial charge in [-0.1, -0.05) is 30.3 Å². The molecule has 1 amide bonds. The lowest BCUT2D eigenvalue weighted by Gasteiger charge is -2.09. The highest BCUT2D eigenvalue weighted by Crippen LogP contribution is 2.21. The van der Waals surface area contributed by atoms with Gasteiger partial charge in [-0.05, 0) is 54.1 Å². The van der Waals surface area contributed by atoms with Gasteiger partial charge in [0.05, 0.1) is 6.20 Å². The number of nitrogens with zero attached hydrogens (tertiary/aromatic N) is 1. The van der Waals surface area contributed by atoms with Crippen molar-refractivity contribution in [2.45, 2.75) is 6.61 Å². The van der Waals surface area contributed by atoms with E-state index in [-0.39, 0.29) is 12.5 Å². The molecule has 3 aromatic carbocycles. The van der Waals surface area contributed by atoms with Crippen molar-refractivity contribution in [2.75, 3.05) is 11.9 Å². The molecule has 0 aliphatic heterocycles. The van der Waals surface area contributed by atoms with Gasteiger partial charge in [-0.25, -0.2) is 4.98 Å². The minimum absolute atomic E-state index is 0.0892. The Kier molecular flexibility index (Phi) is 6.05. The van der Waals surface area contributed by atoms with E-state index >= 15 is 0 Å². The first-order valence-corrected chi connectivity index (χ1v) is 9.45. The average Bonchev–Trinajstić information content (AvgIpc) is 3.33. The summed E-state index contributed by atoms with van der Waals surface area (Å²) in [7, 11) is 0. The number of benzene rings is 3. The molecule has 0 unspecified atom stereocenters. The Morgan fingerprint density at radius 3 is 2.23 bits per heavy atom. The molecule has 0 atom stereocenters. The van der Waals surface area contributed by atoms with Gasteiger partial charge in [0.2, 0.25) is 0 Å². The number of rotatable bonds is 8. The number of amides is 1. The minimum Gasteiger partial charge on any atom is -0.489 e. The fraction of sp³-hybridized carbons (Fsp3) is 0.0833. The average molecular weight is 400 g/mol. The van der Waals surface area contributed by atoms with E-state index in [1.807, 2.05) is 54.6 Å². The zero-order valence-corrected chi connectivity index (χ0v) is 16.2. The summed E-state index contributed by atoms with van der Waals surface area (Å²) < 4.78 is 16.5. The SMILES string of the molecule is O=C(COc1ccc(OCc2ccccc2)cc1)Nc1ccc(-c2cnco2)cc1. The fourth-order valence-corrected chi connectivity index (χ4v) is 2.80. The van der Waals surface area contributed by atoms with Crippen LogP contribution in [-0.2, 0) is 11.4 Å². The van der Waals surface area contributed by atoms with Crippen LogP contribution < -0.4 is 14.8 Å². The zero-order valence-electron chi connectivity index (χ0n) is 16.2. The van der Waals surface area contributed by atoms with Crippen molar-refractivity contribution in [2.24, 2.45) is 0 Å². The summed E-state index contributed by atoms with van der Waals surface area (Å²) >= 11 is 0. The molecule has 0 radical (unpaired) electrons. The topological polar surface area (TPSA) is 73.6 Å². The van der Waals surface area contributed by atoms with E-state index < -0.39 is 0 Å². The Bertz CT molecular complexity index is 1060. The summed E-state index contributed by atoms with van der Waals surface area (Å²) in [5.74, 6) is 1.76. The number of oxazole rings is 1. The molecule has 6 heteroatoms. The predicted molar refractivity (Wildman–Crippen MR) is 113 cm³/mol. The molecular formula is C24H20N2O4. The normalized spacial score (nSPS) is 10.4. The van der Waals surface area contributed by atoms with E-state index in [4.69, 9.17) is 13.9 Å². The van der Waals surface area contributed by atoms with Gasteiger partial charge < -0.3 is 19.2 Å². The van der Waals surface area contributed by atoms with Gasteiger partial charge in [0.25, 0.3) is 5.91 Å². The fourth-order valence-electron chi connectivity index (χ4n) is 2.80. The largest absolute Gasteiger partial charge is 0.489 e. The van der Waals surface area contributed by atoms with E-state index in [0.717, 1.165) is 16.9 Å². The summed E-state index contributed by atoms with van der Waals surface area (Å²) in [6, 6.07) is 24.4. The highest BCUT2D eigenvalue weighted by atomic mass is 16.5. The van der Waals surface area contributed by atoms with Gasteiger partial charge in [0.1, 0.15) is 18.1 Å². The molecule has 4 aromatic rings. The lowest BCUT2D eigenvalue weighted by Crippen LogP contribution is -2.20. The number of carbonyl (C=O) groups excluding carboxylic acids is 1. The molecule has 1 aromatic heterocycles. The van der Waals surface area contributed by atoms with Crippen molar-refractivity contribution < 1.29 is 18.7 Å². The van der Waals surface area contributed by atoms with Gasteiger partial charge >= 0.3 is 0 Å². The summed E-state index contributed by atoms with van der Waals surface area (Å²) in [6.07, 6.45) is 3.02. The zero-order chi connectivity index (χ0) is 20.6. The third kappa shape index (κ3) is 5.26. The van der Waals surface area contributed by atoms with Gasteiger partial charge in [-0.2, -0.15) is 0 Å². The van der Waals surface area contributed by atoms with E-state index in [1.165, 1.54) is 6.39 Å². The summed E-state index contributed by atoms with van der Waals surface area (Å²) in [6.45, 7) is 0.409. The van der Waals surface area contributed by atoms with Crippen LogP contribution in [0.2, 0.25) is 0 Å².